The van der Waals surface area contributed by atoms with Crippen molar-refractivity contribution in [3.05, 3.63) is 28.3 Å². The van der Waals surface area contributed by atoms with Crippen LogP contribution in [-0.4, -0.2) is 12.3 Å². The van der Waals surface area contributed by atoms with Gasteiger partial charge in [-0.05, 0) is 37.0 Å². The van der Waals surface area contributed by atoms with Crippen LogP contribution in [-0.2, 0) is 17.8 Å². The molecule has 1 aromatic carbocycles. The van der Waals surface area contributed by atoms with E-state index in [9.17, 15) is 0 Å². The van der Waals surface area contributed by atoms with Gasteiger partial charge in [0.25, 0.3) is 0 Å². The minimum absolute atomic E-state index is 0.0277. The van der Waals surface area contributed by atoms with Gasteiger partial charge >= 0.3 is 0 Å². The van der Waals surface area contributed by atoms with Gasteiger partial charge in [-0.2, -0.15) is 0 Å². The lowest BCUT2D eigenvalue weighted by molar-refractivity contribution is -0.0171. The van der Waals surface area contributed by atoms with Crippen molar-refractivity contribution in [2.45, 2.75) is 31.4 Å². The summed E-state index contributed by atoms with van der Waals surface area (Å²) in [4.78, 5) is 0. The number of rotatable bonds is 2. The first-order valence-corrected chi connectivity index (χ1v) is 5.85. The van der Waals surface area contributed by atoms with Gasteiger partial charge in [0.2, 0.25) is 0 Å². The van der Waals surface area contributed by atoms with E-state index in [1.54, 1.807) is 0 Å². The molecule has 0 saturated heterocycles. The Bertz CT molecular complexity index is 429. The van der Waals surface area contributed by atoms with Gasteiger partial charge < -0.3 is 15.2 Å². The van der Waals surface area contributed by atoms with Crippen molar-refractivity contribution in [3.8, 4) is 5.75 Å². The van der Waals surface area contributed by atoms with E-state index in [-0.39, 0.29) is 5.54 Å². The number of hydrogen-bond acceptors (Lipinski definition) is 3. The molecule has 0 amide bonds. The summed E-state index contributed by atoms with van der Waals surface area (Å²) in [5, 5.41) is 0.729. The summed E-state index contributed by atoms with van der Waals surface area (Å²) in [5.74, 6) is 0.923. The molecule has 0 spiro atoms. The van der Waals surface area contributed by atoms with E-state index >= 15 is 0 Å². The fourth-order valence-corrected chi connectivity index (χ4v) is 2.37. The van der Waals surface area contributed by atoms with Gasteiger partial charge in [0.05, 0.1) is 6.61 Å². The smallest absolute Gasteiger partial charge is 0.189 e. The number of fused-ring (bicyclic) bond motifs is 1. The maximum atomic E-state index is 6.13. The SMILES string of the molecule is NC1(Cc2cc(Cl)cc3c2OCOC3)CC1. The minimum Gasteiger partial charge on any atom is -0.467 e. The van der Waals surface area contributed by atoms with Crippen LogP contribution < -0.4 is 10.5 Å². The van der Waals surface area contributed by atoms with Crippen LogP contribution in [0.4, 0.5) is 0 Å². The Labute approximate surface area is 99.5 Å². The van der Waals surface area contributed by atoms with Crippen LogP contribution in [0.1, 0.15) is 24.0 Å². The fourth-order valence-electron chi connectivity index (χ4n) is 2.10. The maximum Gasteiger partial charge on any atom is 0.189 e. The molecular weight excluding hydrogens is 226 g/mol. The average molecular weight is 240 g/mol. The standard InChI is InChI=1S/C12H14ClNO2/c13-10-3-8(5-12(14)1-2-12)11-9(4-10)6-15-7-16-11/h3-4H,1-2,5-7,14H2. The highest BCUT2D eigenvalue weighted by atomic mass is 35.5. The van der Waals surface area contributed by atoms with E-state index in [4.69, 9.17) is 26.8 Å². The lowest BCUT2D eigenvalue weighted by atomic mass is 10.0. The predicted octanol–water partition coefficient (Wildman–Crippen LogP) is 2.24. The Balaban J connectivity index is 1.98. The first-order valence-electron chi connectivity index (χ1n) is 5.47. The summed E-state index contributed by atoms with van der Waals surface area (Å²) in [6, 6.07) is 3.86. The molecule has 0 bridgehead atoms. The van der Waals surface area contributed by atoms with E-state index in [0.29, 0.717) is 13.4 Å². The summed E-state index contributed by atoms with van der Waals surface area (Å²) in [5.41, 5.74) is 8.25. The van der Waals surface area contributed by atoms with E-state index in [1.807, 2.05) is 12.1 Å². The molecule has 4 heteroatoms. The third-order valence-corrected chi connectivity index (χ3v) is 3.40. The van der Waals surface area contributed by atoms with Crippen molar-refractivity contribution in [2.24, 2.45) is 5.73 Å². The van der Waals surface area contributed by atoms with Gasteiger partial charge in [-0.3, -0.25) is 0 Å². The minimum atomic E-state index is -0.0277. The molecule has 0 radical (unpaired) electrons. The summed E-state index contributed by atoms with van der Waals surface area (Å²) in [6.07, 6.45) is 3.02. The van der Waals surface area contributed by atoms with Gasteiger partial charge in [-0.1, -0.05) is 11.6 Å². The van der Waals surface area contributed by atoms with Crippen LogP contribution in [0.3, 0.4) is 0 Å². The van der Waals surface area contributed by atoms with Gasteiger partial charge in [0.15, 0.2) is 6.79 Å². The fraction of sp³-hybridized carbons (Fsp3) is 0.500. The molecule has 2 N–H and O–H groups in total. The van der Waals surface area contributed by atoms with Crippen LogP contribution >= 0.6 is 11.6 Å². The summed E-state index contributed by atoms with van der Waals surface area (Å²) in [6.45, 7) is 0.889. The quantitative estimate of drug-likeness (QED) is 0.861. The van der Waals surface area contributed by atoms with Crippen molar-refractivity contribution >= 4 is 11.6 Å². The highest BCUT2D eigenvalue weighted by molar-refractivity contribution is 6.30. The molecular formula is C12H14ClNO2. The molecule has 86 valence electrons. The molecule has 16 heavy (non-hydrogen) atoms. The van der Waals surface area contributed by atoms with E-state index in [2.05, 4.69) is 0 Å². The molecule has 1 saturated carbocycles. The second-order valence-corrected chi connectivity index (χ2v) is 5.14. The van der Waals surface area contributed by atoms with Crippen LogP contribution in [0.5, 0.6) is 5.75 Å². The second-order valence-electron chi connectivity index (χ2n) is 4.70. The Hall–Kier alpha value is -0.770. The van der Waals surface area contributed by atoms with Gasteiger partial charge in [0, 0.05) is 16.1 Å². The zero-order valence-corrected chi connectivity index (χ0v) is 9.72. The van der Waals surface area contributed by atoms with Gasteiger partial charge in [0.1, 0.15) is 5.75 Å². The number of benzene rings is 1. The normalized spacial score (nSPS) is 21.1. The molecule has 1 heterocycles. The van der Waals surface area contributed by atoms with Crippen LogP contribution in [0.15, 0.2) is 12.1 Å². The Kier molecular flexibility index (Phi) is 2.35. The number of halogens is 1. The molecule has 0 atom stereocenters. The molecule has 3 nitrogen and oxygen atoms in total. The molecule has 2 aliphatic rings. The zero-order valence-electron chi connectivity index (χ0n) is 8.96. The summed E-state index contributed by atoms with van der Waals surface area (Å²) in [7, 11) is 0. The Morgan fingerprint density at radius 1 is 1.38 bits per heavy atom. The predicted molar refractivity (Wildman–Crippen MR) is 61.6 cm³/mol. The number of ether oxygens (including phenoxy) is 2. The number of nitrogens with two attached hydrogens (primary N) is 1. The highest BCUT2D eigenvalue weighted by Gasteiger charge is 2.39. The van der Waals surface area contributed by atoms with E-state index in [1.165, 1.54) is 0 Å². The molecule has 1 fully saturated rings. The lowest BCUT2D eigenvalue weighted by Gasteiger charge is -2.22. The molecule has 1 aromatic rings. The Morgan fingerprint density at radius 2 is 2.19 bits per heavy atom. The molecule has 0 unspecified atom stereocenters. The lowest BCUT2D eigenvalue weighted by Crippen LogP contribution is -2.25. The molecule has 0 aromatic heterocycles. The van der Waals surface area contributed by atoms with Crippen molar-refractivity contribution in [2.75, 3.05) is 6.79 Å². The van der Waals surface area contributed by atoms with Crippen LogP contribution in [0.2, 0.25) is 5.02 Å². The summed E-state index contributed by atoms with van der Waals surface area (Å²) >= 11 is 6.08. The van der Waals surface area contributed by atoms with Crippen molar-refractivity contribution in [3.63, 3.8) is 0 Å². The second kappa shape index (κ2) is 3.62. The summed E-state index contributed by atoms with van der Waals surface area (Å²) < 4.78 is 10.8. The maximum absolute atomic E-state index is 6.13. The first kappa shape index (κ1) is 10.4. The molecule has 3 rings (SSSR count). The molecule has 1 aliphatic carbocycles. The molecule has 1 aliphatic heterocycles. The zero-order chi connectivity index (χ0) is 11.2. The topological polar surface area (TPSA) is 44.5 Å². The highest BCUT2D eigenvalue weighted by Crippen LogP contribution is 2.40. The average Bonchev–Trinajstić information content (AvgIpc) is 2.96. The van der Waals surface area contributed by atoms with Gasteiger partial charge in [-0.25, -0.2) is 0 Å². The van der Waals surface area contributed by atoms with Crippen molar-refractivity contribution in [1.82, 2.24) is 0 Å². The monoisotopic (exact) mass is 239 g/mol. The van der Waals surface area contributed by atoms with E-state index < -0.39 is 0 Å². The largest absolute Gasteiger partial charge is 0.467 e. The Morgan fingerprint density at radius 3 is 2.94 bits per heavy atom. The number of hydrogen-bond donors (Lipinski definition) is 1. The van der Waals surface area contributed by atoms with Crippen molar-refractivity contribution < 1.29 is 9.47 Å². The van der Waals surface area contributed by atoms with Crippen molar-refractivity contribution in [1.29, 1.82) is 0 Å². The third-order valence-electron chi connectivity index (χ3n) is 3.19. The third kappa shape index (κ3) is 1.90. The van der Waals surface area contributed by atoms with Crippen LogP contribution in [0.25, 0.3) is 0 Å². The van der Waals surface area contributed by atoms with Gasteiger partial charge in [-0.15, -0.1) is 0 Å². The van der Waals surface area contributed by atoms with Crippen LogP contribution in [0, 0.1) is 0 Å². The first-order chi connectivity index (χ1) is 7.66. The van der Waals surface area contributed by atoms with E-state index in [0.717, 1.165) is 41.2 Å².